The molecule has 38 heavy (non-hydrogen) atoms. The average Bonchev–Trinajstić information content (AvgIpc) is 3.54. The summed E-state index contributed by atoms with van der Waals surface area (Å²) in [6.07, 6.45) is 0. The molecule has 3 N–H and O–H groups in total. The lowest BCUT2D eigenvalue weighted by Crippen LogP contribution is -2.11. The number of fused-ring (bicyclic) bond motifs is 1. The molecule has 3 aromatic heterocycles. The summed E-state index contributed by atoms with van der Waals surface area (Å²) in [5, 5.41) is 6.21. The maximum Gasteiger partial charge on any atom is 0.269 e. The van der Waals surface area contributed by atoms with Gasteiger partial charge in [-0.15, -0.1) is 22.7 Å². The van der Waals surface area contributed by atoms with E-state index in [4.69, 9.17) is 10.7 Å². The standard InChI is InChI=1S/C31H24N4OS2/c1-18-8-12-20(13-9-18)23-16-24(21-6-4-3-5-7-21)33-30-26(23)27(32)28(38-30)29(36)35-31-34-25(17-37-31)22-14-10-19(2)11-15-22/h3-17H,32H2,1-2H3,(H,34,35,36). The number of nitrogens with one attached hydrogen (secondary N) is 1. The van der Waals surface area contributed by atoms with E-state index in [0.717, 1.165) is 43.9 Å². The third-order valence-corrected chi connectivity index (χ3v) is 8.27. The molecule has 0 bridgehead atoms. The number of nitrogens with two attached hydrogens (primary N) is 1. The number of pyridine rings is 1. The molecule has 186 valence electrons. The van der Waals surface area contributed by atoms with Crippen LogP contribution in [0.4, 0.5) is 10.8 Å². The minimum Gasteiger partial charge on any atom is -0.397 e. The molecule has 5 nitrogen and oxygen atoms in total. The Kier molecular flexibility index (Phi) is 6.23. The van der Waals surface area contributed by atoms with Crippen molar-refractivity contribution in [1.29, 1.82) is 0 Å². The van der Waals surface area contributed by atoms with Gasteiger partial charge in [-0.1, -0.05) is 90.0 Å². The van der Waals surface area contributed by atoms with Gasteiger partial charge in [0.25, 0.3) is 5.91 Å². The molecule has 3 heterocycles. The lowest BCUT2D eigenvalue weighted by molar-refractivity contribution is 0.103. The Balaban J connectivity index is 1.40. The monoisotopic (exact) mass is 532 g/mol. The minimum atomic E-state index is -0.286. The van der Waals surface area contributed by atoms with Crippen molar-refractivity contribution in [3.63, 3.8) is 0 Å². The van der Waals surface area contributed by atoms with Crippen molar-refractivity contribution >= 4 is 49.6 Å². The predicted molar refractivity (Wildman–Crippen MR) is 160 cm³/mol. The Morgan fingerprint density at radius 3 is 2.11 bits per heavy atom. The molecule has 6 rings (SSSR count). The molecule has 0 unspecified atom stereocenters. The van der Waals surface area contributed by atoms with Gasteiger partial charge in [0, 0.05) is 21.9 Å². The molecule has 0 fully saturated rings. The second-order valence-corrected chi connectivity index (χ2v) is 11.0. The van der Waals surface area contributed by atoms with E-state index in [1.807, 2.05) is 66.9 Å². The normalized spacial score (nSPS) is 11.1. The fourth-order valence-corrected chi connectivity index (χ4v) is 6.08. The zero-order valence-corrected chi connectivity index (χ0v) is 22.5. The Hall–Kier alpha value is -4.33. The summed E-state index contributed by atoms with van der Waals surface area (Å²) in [4.78, 5) is 24.1. The summed E-state index contributed by atoms with van der Waals surface area (Å²) in [6.45, 7) is 4.11. The van der Waals surface area contributed by atoms with Gasteiger partial charge in [0.15, 0.2) is 5.13 Å². The first-order valence-electron chi connectivity index (χ1n) is 12.2. The molecule has 0 aliphatic heterocycles. The number of nitrogens with zero attached hydrogens (tertiary/aromatic N) is 2. The largest absolute Gasteiger partial charge is 0.397 e. The summed E-state index contributed by atoms with van der Waals surface area (Å²) in [5.74, 6) is -0.286. The maximum absolute atomic E-state index is 13.4. The zero-order valence-electron chi connectivity index (χ0n) is 20.9. The van der Waals surface area contributed by atoms with Gasteiger partial charge < -0.3 is 5.73 Å². The van der Waals surface area contributed by atoms with Gasteiger partial charge in [0.1, 0.15) is 9.71 Å². The first-order valence-corrected chi connectivity index (χ1v) is 13.9. The third-order valence-electron chi connectivity index (χ3n) is 6.41. The summed E-state index contributed by atoms with van der Waals surface area (Å²) in [7, 11) is 0. The molecule has 0 aliphatic carbocycles. The Morgan fingerprint density at radius 2 is 1.42 bits per heavy atom. The predicted octanol–water partition coefficient (Wildman–Crippen LogP) is 8.21. The Morgan fingerprint density at radius 1 is 0.789 bits per heavy atom. The molecular weight excluding hydrogens is 509 g/mol. The number of anilines is 2. The molecule has 1 amide bonds. The second kappa shape index (κ2) is 9.85. The van der Waals surface area contributed by atoms with Crippen LogP contribution in [-0.4, -0.2) is 15.9 Å². The number of aryl methyl sites for hydroxylation is 2. The fourth-order valence-electron chi connectivity index (χ4n) is 4.35. The first kappa shape index (κ1) is 24.0. The quantitative estimate of drug-likeness (QED) is 0.234. The van der Waals surface area contributed by atoms with Gasteiger partial charge in [-0.25, -0.2) is 9.97 Å². The number of thiophene rings is 1. The molecule has 0 spiro atoms. The lowest BCUT2D eigenvalue weighted by atomic mass is 9.99. The topological polar surface area (TPSA) is 80.9 Å². The van der Waals surface area contributed by atoms with Crippen molar-refractivity contribution in [3.05, 3.63) is 106 Å². The van der Waals surface area contributed by atoms with E-state index in [1.54, 1.807) is 0 Å². The summed E-state index contributed by atoms with van der Waals surface area (Å²) < 4.78 is 0. The summed E-state index contributed by atoms with van der Waals surface area (Å²) >= 11 is 2.70. The van der Waals surface area contributed by atoms with Crippen LogP contribution in [0.25, 0.3) is 43.9 Å². The molecule has 7 heteroatoms. The smallest absolute Gasteiger partial charge is 0.269 e. The van der Waals surface area contributed by atoms with Crippen molar-refractivity contribution in [3.8, 4) is 33.6 Å². The molecule has 0 atom stereocenters. The number of amides is 1. The molecular formula is C31H24N4OS2. The van der Waals surface area contributed by atoms with Crippen LogP contribution in [0.1, 0.15) is 20.8 Å². The van der Waals surface area contributed by atoms with Crippen LogP contribution >= 0.6 is 22.7 Å². The van der Waals surface area contributed by atoms with Crippen LogP contribution in [0.5, 0.6) is 0 Å². The molecule has 0 aliphatic rings. The molecule has 6 aromatic rings. The highest BCUT2D eigenvalue weighted by Gasteiger charge is 2.22. The summed E-state index contributed by atoms with van der Waals surface area (Å²) in [5.41, 5.74) is 15.1. The Bertz CT molecular complexity index is 1770. The van der Waals surface area contributed by atoms with E-state index in [9.17, 15) is 4.79 Å². The van der Waals surface area contributed by atoms with Crippen molar-refractivity contribution in [2.24, 2.45) is 0 Å². The van der Waals surface area contributed by atoms with Crippen LogP contribution in [0, 0.1) is 13.8 Å². The molecule has 0 radical (unpaired) electrons. The van der Waals surface area contributed by atoms with Gasteiger partial charge in [-0.05, 0) is 31.0 Å². The van der Waals surface area contributed by atoms with Gasteiger partial charge in [-0.2, -0.15) is 0 Å². The number of hydrogen-bond donors (Lipinski definition) is 2. The SMILES string of the molecule is Cc1ccc(-c2csc(NC(=O)c3sc4nc(-c5ccccc5)cc(-c5ccc(C)cc5)c4c3N)n2)cc1. The minimum absolute atomic E-state index is 0.286. The number of benzene rings is 3. The molecule has 0 saturated heterocycles. The molecule has 0 saturated carbocycles. The van der Waals surface area contributed by atoms with Crippen molar-refractivity contribution < 1.29 is 4.79 Å². The van der Waals surface area contributed by atoms with Crippen LogP contribution in [-0.2, 0) is 0 Å². The van der Waals surface area contributed by atoms with Crippen molar-refractivity contribution in [1.82, 2.24) is 9.97 Å². The number of hydrogen-bond acceptors (Lipinski definition) is 6. The van der Waals surface area contributed by atoms with E-state index in [2.05, 4.69) is 47.6 Å². The van der Waals surface area contributed by atoms with E-state index >= 15 is 0 Å². The zero-order chi connectivity index (χ0) is 26.2. The summed E-state index contributed by atoms with van der Waals surface area (Å²) in [6, 6.07) is 28.6. The van der Waals surface area contributed by atoms with E-state index in [0.29, 0.717) is 15.7 Å². The number of thiazole rings is 1. The van der Waals surface area contributed by atoms with Gasteiger partial charge in [0.05, 0.1) is 17.1 Å². The van der Waals surface area contributed by atoms with Crippen LogP contribution in [0.3, 0.4) is 0 Å². The van der Waals surface area contributed by atoms with Crippen LogP contribution in [0.2, 0.25) is 0 Å². The highest BCUT2D eigenvalue weighted by molar-refractivity contribution is 7.21. The number of aromatic nitrogens is 2. The van der Waals surface area contributed by atoms with E-state index in [1.165, 1.54) is 33.8 Å². The maximum atomic E-state index is 13.4. The third kappa shape index (κ3) is 4.58. The second-order valence-electron chi connectivity index (χ2n) is 9.17. The van der Waals surface area contributed by atoms with Crippen LogP contribution < -0.4 is 11.1 Å². The number of carbonyl (C=O) groups excluding carboxylic acids is 1. The highest BCUT2D eigenvalue weighted by Crippen LogP contribution is 2.41. The number of rotatable bonds is 5. The Labute approximate surface area is 228 Å². The average molecular weight is 533 g/mol. The van der Waals surface area contributed by atoms with Crippen molar-refractivity contribution in [2.75, 3.05) is 11.1 Å². The van der Waals surface area contributed by atoms with E-state index < -0.39 is 0 Å². The molecule has 3 aromatic carbocycles. The van der Waals surface area contributed by atoms with Gasteiger partial charge in [-0.3, -0.25) is 10.1 Å². The van der Waals surface area contributed by atoms with Gasteiger partial charge >= 0.3 is 0 Å². The first-order chi connectivity index (χ1) is 18.5. The van der Waals surface area contributed by atoms with E-state index in [-0.39, 0.29) is 5.91 Å². The lowest BCUT2D eigenvalue weighted by Gasteiger charge is -2.09. The fraction of sp³-hybridized carbons (Fsp3) is 0.0645. The van der Waals surface area contributed by atoms with Crippen molar-refractivity contribution in [2.45, 2.75) is 13.8 Å². The number of nitrogen functional groups attached to an aromatic ring is 1. The highest BCUT2D eigenvalue weighted by atomic mass is 32.1. The van der Waals surface area contributed by atoms with Gasteiger partial charge in [0.2, 0.25) is 0 Å². The van der Waals surface area contributed by atoms with Crippen LogP contribution in [0.15, 0.2) is 90.3 Å². The number of carbonyl (C=O) groups is 1.